The van der Waals surface area contributed by atoms with Gasteiger partial charge in [-0.15, -0.1) is 0 Å². The summed E-state index contributed by atoms with van der Waals surface area (Å²) in [7, 11) is 0. The van der Waals surface area contributed by atoms with Crippen LogP contribution in [0.4, 0.5) is 10.2 Å². The third-order valence-electron chi connectivity index (χ3n) is 3.09. The summed E-state index contributed by atoms with van der Waals surface area (Å²) in [6, 6.07) is 13.9. The van der Waals surface area contributed by atoms with Gasteiger partial charge in [0.2, 0.25) is 0 Å². The van der Waals surface area contributed by atoms with Crippen LogP contribution in [0.15, 0.2) is 48.7 Å². The van der Waals surface area contributed by atoms with Crippen molar-refractivity contribution in [1.29, 1.82) is 5.26 Å². The lowest BCUT2D eigenvalue weighted by atomic mass is 10.1. The van der Waals surface area contributed by atoms with Crippen LogP contribution in [0.5, 0.6) is 0 Å². The Morgan fingerprint density at radius 3 is 2.71 bits per heavy atom. The molecule has 1 aromatic heterocycles. The first-order valence-electron chi connectivity index (χ1n) is 6.40. The minimum atomic E-state index is -0.407. The fraction of sp³-hybridized carbons (Fsp3) is 0.0625. The van der Waals surface area contributed by atoms with E-state index in [2.05, 4.69) is 15.3 Å². The van der Waals surface area contributed by atoms with Crippen LogP contribution in [0, 0.1) is 17.1 Å². The van der Waals surface area contributed by atoms with Crippen molar-refractivity contribution in [3.8, 4) is 6.07 Å². The number of rotatable bonds is 3. The highest BCUT2D eigenvalue weighted by Gasteiger charge is 2.04. The number of benzene rings is 2. The lowest BCUT2D eigenvalue weighted by Crippen LogP contribution is -2.04. The zero-order chi connectivity index (χ0) is 14.7. The second kappa shape index (κ2) is 5.55. The Morgan fingerprint density at radius 2 is 1.95 bits per heavy atom. The molecule has 0 spiro atoms. The smallest absolute Gasteiger partial charge is 0.145 e. The zero-order valence-electron chi connectivity index (χ0n) is 11.0. The molecule has 0 saturated heterocycles. The van der Waals surface area contributed by atoms with E-state index in [1.54, 1.807) is 18.3 Å². The van der Waals surface area contributed by atoms with Crippen molar-refractivity contribution < 1.29 is 4.39 Å². The molecule has 5 heteroatoms. The van der Waals surface area contributed by atoms with Crippen molar-refractivity contribution in [2.75, 3.05) is 5.32 Å². The number of nitrogens with one attached hydrogen (secondary N) is 1. The van der Waals surface area contributed by atoms with Crippen molar-refractivity contribution in [3.05, 3.63) is 65.6 Å². The molecule has 1 N–H and O–H groups in total. The summed E-state index contributed by atoms with van der Waals surface area (Å²) < 4.78 is 13.8. The molecule has 3 rings (SSSR count). The Kier molecular flexibility index (Phi) is 3.44. The summed E-state index contributed by atoms with van der Waals surface area (Å²) >= 11 is 0. The molecule has 0 fully saturated rings. The predicted molar refractivity (Wildman–Crippen MR) is 78.0 cm³/mol. The fourth-order valence-corrected chi connectivity index (χ4v) is 1.99. The molecule has 2 aromatic carbocycles. The average Bonchev–Trinajstić information content (AvgIpc) is 2.53. The lowest BCUT2D eigenvalue weighted by molar-refractivity contribution is 0.612. The number of halogens is 1. The standard InChI is InChI=1S/C16H11FN4/c17-13-7-11(8-18)5-6-12(13)9-20-16-10-19-14-3-1-2-4-15(14)21-16/h1-7,10H,9H2,(H,20,21). The van der Waals surface area contributed by atoms with Crippen LogP contribution in [-0.2, 0) is 6.54 Å². The van der Waals surface area contributed by atoms with E-state index in [0.717, 1.165) is 11.0 Å². The molecular formula is C16H11FN4. The monoisotopic (exact) mass is 278 g/mol. The molecule has 3 aromatic rings. The van der Waals surface area contributed by atoms with Crippen molar-refractivity contribution in [2.45, 2.75) is 6.54 Å². The highest BCUT2D eigenvalue weighted by atomic mass is 19.1. The van der Waals surface area contributed by atoms with Crippen LogP contribution < -0.4 is 5.32 Å². The molecule has 0 radical (unpaired) electrons. The third-order valence-corrected chi connectivity index (χ3v) is 3.09. The van der Waals surface area contributed by atoms with Gasteiger partial charge in [0.1, 0.15) is 11.6 Å². The molecule has 1 heterocycles. The van der Waals surface area contributed by atoms with E-state index in [9.17, 15) is 4.39 Å². The molecular weight excluding hydrogens is 267 g/mol. The van der Waals surface area contributed by atoms with Crippen molar-refractivity contribution in [1.82, 2.24) is 9.97 Å². The maximum atomic E-state index is 13.8. The first-order chi connectivity index (χ1) is 10.3. The molecule has 4 nitrogen and oxygen atoms in total. The third kappa shape index (κ3) is 2.79. The molecule has 0 bridgehead atoms. The van der Waals surface area contributed by atoms with Crippen molar-refractivity contribution in [2.24, 2.45) is 0 Å². The molecule has 0 aliphatic heterocycles. The number of fused-ring (bicyclic) bond motifs is 1. The van der Waals surface area contributed by atoms with Gasteiger partial charge in [0.25, 0.3) is 0 Å². The largest absolute Gasteiger partial charge is 0.365 e. The Bertz CT molecular complexity index is 839. The SMILES string of the molecule is N#Cc1ccc(CNc2cnc3ccccc3n2)c(F)c1. The minimum absolute atomic E-state index is 0.282. The van der Waals surface area contributed by atoms with Gasteiger partial charge < -0.3 is 5.32 Å². The molecule has 0 unspecified atom stereocenters. The normalized spacial score (nSPS) is 10.3. The van der Waals surface area contributed by atoms with E-state index < -0.39 is 5.82 Å². The van der Waals surface area contributed by atoms with Gasteiger partial charge in [-0.2, -0.15) is 5.26 Å². The van der Waals surface area contributed by atoms with Crippen LogP contribution in [0.25, 0.3) is 11.0 Å². The molecule has 0 saturated carbocycles. The maximum Gasteiger partial charge on any atom is 0.145 e. The molecule has 102 valence electrons. The summed E-state index contributed by atoms with van der Waals surface area (Å²) in [4.78, 5) is 8.69. The average molecular weight is 278 g/mol. The highest BCUT2D eigenvalue weighted by molar-refractivity contribution is 5.75. The van der Waals surface area contributed by atoms with E-state index in [-0.39, 0.29) is 6.54 Å². The molecule has 0 aliphatic rings. The van der Waals surface area contributed by atoms with Crippen LogP contribution in [0.2, 0.25) is 0 Å². The number of anilines is 1. The second-order valence-electron chi connectivity index (χ2n) is 4.52. The number of hydrogen-bond acceptors (Lipinski definition) is 4. The van der Waals surface area contributed by atoms with Gasteiger partial charge in [-0.25, -0.2) is 9.37 Å². The van der Waals surface area contributed by atoms with E-state index in [1.807, 2.05) is 30.3 Å². The molecule has 21 heavy (non-hydrogen) atoms. The Hall–Kier alpha value is -3.00. The van der Waals surface area contributed by atoms with Crippen LogP contribution in [-0.4, -0.2) is 9.97 Å². The van der Waals surface area contributed by atoms with Gasteiger partial charge in [-0.3, -0.25) is 4.98 Å². The van der Waals surface area contributed by atoms with Crippen LogP contribution >= 0.6 is 0 Å². The quantitative estimate of drug-likeness (QED) is 0.798. The number of nitrogens with zero attached hydrogens (tertiary/aromatic N) is 3. The molecule has 0 atom stereocenters. The van der Waals surface area contributed by atoms with E-state index in [4.69, 9.17) is 5.26 Å². The summed E-state index contributed by atoms with van der Waals surface area (Å²) in [5.74, 6) is 0.174. The Balaban J connectivity index is 1.78. The van der Waals surface area contributed by atoms with Gasteiger partial charge in [-0.05, 0) is 24.3 Å². The van der Waals surface area contributed by atoms with Crippen LogP contribution in [0.1, 0.15) is 11.1 Å². The number of nitriles is 1. The lowest BCUT2D eigenvalue weighted by Gasteiger charge is -2.07. The zero-order valence-corrected chi connectivity index (χ0v) is 11.0. The summed E-state index contributed by atoms with van der Waals surface area (Å²) in [6.45, 7) is 0.282. The van der Waals surface area contributed by atoms with Gasteiger partial charge >= 0.3 is 0 Å². The fourth-order valence-electron chi connectivity index (χ4n) is 1.99. The second-order valence-corrected chi connectivity index (χ2v) is 4.52. The first-order valence-corrected chi connectivity index (χ1v) is 6.40. The number of aromatic nitrogens is 2. The van der Waals surface area contributed by atoms with Gasteiger partial charge in [0.15, 0.2) is 0 Å². The first kappa shape index (κ1) is 13.0. The number of hydrogen-bond donors (Lipinski definition) is 1. The molecule has 0 amide bonds. The summed E-state index contributed by atoms with van der Waals surface area (Å²) in [6.07, 6.45) is 1.61. The van der Waals surface area contributed by atoms with E-state index in [0.29, 0.717) is 16.9 Å². The Morgan fingerprint density at radius 1 is 1.14 bits per heavy atom. The van der Waals surface area contributed by atoms with Gasteiger partial charge in [0.05, 0.1) is 28.9 Å². The number of para-hydroxylation sites is 2. The van der Waals surface area contributed by atoms with Gasteiger partial charge in [0, 0.05) is 12.1 Å². The molecule has 0 aliphatic carbocycles. The van der Waals surface area contributed by atoms with Crippen molar-refractivity contribution >= 4 is 16.9 Å². The van der Waals surface area contributed by atoms with E-state index in [1.165, 1.54) is 6.07 Å². The minimum Gasteiger partial charge on any atom is -0.365 e. The Labute approximate surface area is 120 Å². The van der Waals surface area contributed by atoms with Crippen molar-refractivity contribution in [3.63, 3.8) is 0 Å². The topological polar surface area (TPSA) is 61.6 Å². The maximum absolute atomic E-state index is 13.8. The highest BCUT2D eigenvalue weighted by Crippen LogP contribution is 2.14. The summed E-state index contributed by atoms with van der Waals surface area (Å²) in [5.41, 5.74) is 2.38. The summed E-state index contributed by atoms with van der Waals surface area (Å²) in [5, 5.41) is 11.7. The predicted octanol–water partition coefficient (Wildman–Crippen LogP) is 3.25. The van der Waals surface area contributed by atoms with E-state index >= 15 is 0 Å². The van der Waals surface area contributed by atoms with Crippen LogP contribution in [0.3, 0.4) is 0 Å². The van der Waals surface area contributed by atoms with Gasteiger partial charge in [-0.1, -0.05) is 18.2 Å².